The third kappa shape index (κ3) is 6.20. The molecule has 1 N–H and O–H groups in total. The lowest BCUT2D eigenvalue weighted by Crippen LogP contribution is -2.48. The van der Waals surface area contributed by atoms with Crippen molar-refractivity contribution in [3.8, 4) is 5.75 Å². The van der Waals surface area contributed by atoms with Crippen molar-refractivity contribution in [3.05, 3.63) is 94.4 Å². The molecule has 0 aliphatic carbocycles. The highest BCUT2D eigenvalue weighted by Crippen LogP contribution is 2.36. The standard InChI is InChI=1S/C30H29ClF3N5O3/c1-29(2,42-22-13-7-19(8-14-22)15-16-35-27(40)20-9-11-21(31)12-10-20)28(41)38-17-4-6-24(38)26-37-36-25-23(30(32,33)34)5-3-18-39(25)26/h3,5,7-14,18,24H,4,6,15-17H2,1-2H3,(H,35,40). The summed E-state index contributed by atoms with van der Waals surface area (Å²) in [6, 6.07) is 15.6. The van der Waals surface area contributed by atoms with Gasteiger partial charge in [-0.2, -0.15) is 13.2 Å². The third-order valence-electron chi connectivity index (χ3n) is 7.20. The molecule has 220 valence electrons. The average Bonchev–Trinajstić information content (AvgIpc) is 3.60. The van der Waals surface area contributed by atoms with Gasteiger partial charge in [0.2, 0.25) is 0 Å². The van der Waals surface area contributed by atoms with Crippen LogP contribution in [0.3, 0.4) is 0 Å². The summed E-state index contributed by atoms with van der Waals surface area (Å²) < 4.78 is 47.9. The van der Waals surface area contributed by atoms with E-state index < -0.39 is 23.4 Å². The molecule has 0 radical (unpaired) electrons. The summed E-state index contributed by atoms with van der Waals surface area (Å²) in [5, 5.41) is 11.3. The molecule has 1 unspecified atom stereocenters. The second-order valence-electron chi connectivity index (χ2n) is 10.6. The Kier molecular flexibility index (Phi) is 8.14. The van der Waals surface area contributed by atoms with Gasteiger partial charge in [0.05, 0.1) is 6.04 Å². The summed E-state index contributed by atoms with van der Waals surface area (Å²) >= 11 is 5.87. The lowest BCUT2D eigenvalue weighted by Gasteiger charge is -2.33. The van der Waals surface area contributed by atoms with Gasteiger partial charge in [0.1, 0.15) is 11.3 Å². The van der Waals surface area contributed by atoms with E-state index in [1.54, 1.807) is 55.1 Å². The number of ether oxygens (including phenoxy) is 1. The molecule has 12 heteroatoms. The van der Waals surface area contributed by atoms with Crippen LogP contribution in [0, 0.1) is 0 Å². The van der Waals surface area contributed by atoms with Crippen molar-refractivity contribution in [1.29, 1.82) is 0 Å². The Hall–Kier alpha value is -4.12. The molecule has 2 aromatic carbocycles. The van der Waals surface area contributed by atoms with E-state index in [4.69, 9.17) is 16.3 Å². The molecule has 1 fully saturated rings. The minimum absolute atomic E-state index is 0.188. The number of pyridine rings is 1. The van der Waals surface area contributed by atoms with Gasteiger partial charge in [-0.1, -0.05) is 23.7 Å². The van der Waals surface area contributed by atoms with Gasteiger partial charge in [-0.15, -0.1) is 10.2 Å². The fraction of sp³-hybridized carbons (Fsp3) is 0.333. The molecule has 42 heavy (non-hydrogen) atoms. The summed E-state index contributed by atoms with van der Waals surface area (Å²) in [7, 11) is 0. The van der Waals surface area contributed by atoms with Gasteiger partial charge in [0.15, 0.2) is 17.1 Å². The minimum atomic E-state index is -4.57. The summed E-state index contributed by atoms with van der Waals surface area (Å²) in [6.45, 7) is 4.18. The number of fused-ring (bicyclic) bond motifs is 1. The predicted octanol–water partition coefficient (Wildman–Crippen LogP) is 5.90. The molecular weight excluding hydrogens is 571 g/mol. The first kappa shape index (κ1) is 29.4. The van der Waals surface area contributed by atoms with Gasteiger partial charge in [-0.05, 0) is 87.2 Å². The zero-order chi connectivity index (χ0) is 30.1. The summed E-state index contributed by atoms with van der Waals surface area (Å²) in [5.41, 5.74) is -0.929. The number of rotatable bonds is 8. The van der Waals surface area contributed by atoms with Gasteiger partial charge in [0, 0.05) is 29.9 Å². The first-order valence-corrected chi connectivity index (χ1v) is 13.9. The second kappa shape index (κ2) is 11.6. The Morgan fingerprint density at radius 2 is 1.76 bits per heavy atom. The van der Waals surface area contributed by atoms with E-state index >= 15 is 0 Å². The summed E-state index contributed by atoms with van der Waals surface area (Å²) in [6.07, 6.45) is -1.28. The van der Waals surface area contributed by atoms with Gasteiger partial charge in [-0.3, -0.25) is 14.0 Å². The first-order valence-electron chi connectivity index (χ1n) is 13.5. The molecule has 3 heterocycles. The normalized spacial score (nSPS) is 15.7. The monoisotopic (exact) mass is 599 g/mol. The van der Waals surface area contributed by atoms with Crippen molar-refractivity contribution in [3.63, 3.8) is 0 Å². The van der Waals surface area contributed by atoms with Crippen molar-refractivity contribution >= 4 is 29.1 Å². The predicted molar refractivity (Wildman–Crippen MR) is 150 cm³/mol. The topological polar surface area (TPSA) is 88.8 Å². The van der Waals surface area contributed by atoms with Gasteiger partial charge < -0.3 is 15.0 Å². The van der Waals surface area contributed by atoms with E-state index in [-0.39, 0.29) is 23.3 Å². The fourth-order valence-corrected chi connectivity index (χ4v) is 5.22. The van der Waals surface area contributed by atoms with E-state index in [0.717, 1.165) is 11.6 Å². The highest BCUT2D eigenvalue weighted by molar-refractivity contribution is 6.30. The lowest BCUT2D eigenvalue weighted by molar-refractivity contribution is -0.146. The van der Waals surface area contributed by atoms with E-state index in [1.165, 1.54) is 16.7 Å². The largest absolute Gasteiger partial charge is 0.478 e. The lowest BCUT2D eigenvalue weighted by atomic mass is 10.1. The SMILES string of the molecule is CC(C)(Oc1ccc(CCNC(=O)c2ccc(Cl)cc2)cc1)C(=O)N1CCCC1c1nnc2c(C(F)(F)F)cccn12. The Morgan fingerprint density at radius 1 is 1.05 bits per heavy atom. The number of carbonyl (C=O) groups is 2. The smallest absolute Gasteiger partial charge is 0.420 e. The van der Waals surface area contributed by atoms with Gasteiger partial charge in [0.25, 0.3) is 11.8 Å². The van der Waals surface area contributed by atoms with Crippen LogP contribution in [0.15, 0.2) is 66.9 Å². The van der Waals surface area contributed by atoms with Crippen molar-refractivity contribution in [2.75, 3.05) is 13.1 Å². The van der Waals surface area contributed by atoms with Crippen LogP contribution in [0.25, 0.3) is 5.65 Å². The number of likely N-dealkylation sites (tertiary alicyclic amines) is 1. The zero-order valence-electron chi connectivity index (χ0n) is 23.0. The second-order valence-corrected chi connectivity index (χ2v) is 11.0. The molecule has 1 saturated heterocycles. The van der Waals surface area contributed by atoms with Crippen LogP contribution in [0.2, 0.25) is 5.02 Å². The quantitative estimate of drug-likeness (QED) is 0.273. The van der Waals surface area contributed by atoms with E-state index in [9.17, 15) is 22.8 Å². The Balaban J connectivity index is 1.22. The van der Waals surface area contributed by atoms with Crippen molar-refractivity contribution < 1.29 is 27.5 Å². The Bertz CT molecular complexity index is 1590. The van der Waals surface area contributed by atoms with Crippen LogP contribution in [-0.2, 0) is 17.4 Å². The molecule has 1 aliphatic rings. The molecule has 2 amide bonds. The third-order valence-corrected chi connectivity index (χ3v) is 7.45. The molecular formula is C30H29ClF3N5O3. The first-order chi connectivity index (χ1) is 19.9. The highest BCUT2D eigenvalue weighted by Gasteiger charge is 2.42. The minimum Gasteiger partial charge on any atom is -0.478 e. The molecule has 2 aromatic heterocycles. The molecule has 0 spiro atoms. The number of carbonyl (C=O) groups excluding carboxylic acids is 2. The molecule has 8 nitrogen and oxygen atoms in total. The Labute approximate surface area is 245 Å². The Morgan fingerprint density at radius 3 is 2.45 bits per heavy atom. The van der Waals surface area contributed by atoms with Crippen LogP contribution in [0.1, 0.15) is 60.0 Å². The highest BCUT2D eigenvalue weighted by atomic mass is 35.5. The maximum atomic E-state index is 13.7. The van der Waals surface area contributed by atoms with E-state index in [0.29, 0.717) is 48.7 Å². The van der Waals surface area contributed by atoms with Gasteiger partial charge >= 0.3 is 6.18 Å². The number of nitrogens with zero attached hydrogens (tertiary/aromatic N) is 4. The molecule has 4 aromatic rings. The molecule has 1 aliphatic heterocycles. The van der Waals surface area contributed by atoms with Crippen LogP contribution in [0.4, 0.5) is 13.2 Å². The molecule has 0 saturated carbocycles. The maximum Gasteiger partial charge on any atom is 0.420 e. The average molecular weight is 600 g/mol. The van der Waals surface area contributed by atoms with Crippen LogP contribution in [-0.4, -0.2) is 50.0 Å². The number of nitrogens with one attached hydrogen (secondary N) is 1. The summed E-state index contributed by atoms with van der Waals surface area (Å²) in [4.78, 5) is 27.6. The number of aromatic nitrogens is 3. The fourth-order valence-electron chi connectivity index (χ4n) is 5.09. The number of hydrogen-bond acceptors (Lipinski definition) is 5. The van der Waals surface area contributed by atoms with Gasteiger partial charge in [-0.25, -0.2) is 0 Å². The number of amides is 2. The number of halogens is 4. The molecule has 0 bridgehead atoms. The van der Waals surface area contributed by atoms with Crippen LogP contribution < -0.4 is 10.1 Å². The molecule has 5 rings (SSSR count). The van der Waals surface area contributed by atoms with Crippen molar-refractivity contribution in [2.45, 2.75) is 50.9 Å². The number of benzene rings is 2. The maximum absolute atomic E-state index is 13.7. The van der Waals surface area contributed by atoms with Crippen LogP contribution >= 0.6 is 11.6 Å². The van der Waals surface area contributed by atoms with E-state index in [2.05, 4.69) is 15.5 Å². The number of alkyl halides is 3. The molecule has 1 atom stereocenters. The van der Waals surface area contributed by atoms with Crippen molar-refractivity contribution in [2.24, 2.45) is 0 Å². The van der Waals surface area contributed by atoms with Crippen molar-refractivity contribution in [1.82, 2.24) is 24.8 Å². The zero-order valence-corrected chi connectivity index (χ0v) is 23.7. The summed E-state index contributed by atoms with van der Waals surface area (Å²) in [5.74, 6) is 0.279. The van der Waals surface area contributed by atoms with Crippen LogP contribution in [0.5, 0.6) is 5.75 Å². The van der Waals surface area contributed by atoms with E-state index in [1.807, 2.05) is 12.1 Å². The number of hydrogen-bond donors (Lipinski definition) is 1.